The lowest BCUT2D eigenvalue weighted by Crippen LogP contribution is -2.26. The van der Waals surface area contributed by atoms with Crippen molar-refractivity contribution in [1.29, 1.82) is 5.41 Å². The number of aliphatic hydroxyl groups excluding tert-OH is 1. The van der Waals surface area contributed by atoms with Crippen LogP contribution in [0.4, 0.5) is 10.1 Å². The van der Waals surface area contributed by atoms with Crippen LogP contribution < -0.4 is 4.90 Å². The fourth-order valence-corrected chi connectivity index (χ4v) is 4.49. The van der Waals surface area contributed by atoms with Crippen molar-refractivity contribution < 1.29 is 9.50 Å². The molecule has 142 valence electrons. The van der Waals surface area contributed by atoms with Gasteiger partial charge in [-0.15, -0.1) is 11.3 Å². The van der Waals surface area contributed by atoms with Crippen molar-refractivity contribution in [3.63, 3.8) is 0 Å². The summed E-state index contributed by atoms with van der Waals surface area (Å²) in [6.45, 7) is 0.230. The molecular weight excluding hydrogens is 385 g/mol. The minimum Gasteiger partial charge on any atom is -0.510 e. The average Bonchev–Trinajstić information content (AvgIpc) is 3.32. The number of halogens is 1. The summed E-state index contributed by atoms with van der Waals surface area (Å²) in [4.78, 5) is 6.39. The van der Waals surface area contributed by atoms with Crippen LogP contribution in [0.3, 0.4) is 0 Å². The molecule has 4 nitrogen and oxygen atoms in total. The number of nitrogens with one attached hydrogen (secondary N) is 1. The topological polar surface area (TPSA) is 60.2 Å². The van der Waals surface area contributed by atoms with E-state index in [0.717, 1.165) is 22.0 Å². The van der Waals surface area contributed by atoms with E-state index < -0.39 is 0 Å². The SMILES string of the molecule is N=C1C(c2nc(-c3ccc(F)cc3)cs2)=C(O)CN1c1cccc2ccccc12. The van der Waals surface area contributed by atoms with E-state index >= 15 is 0 Å². The van der Waals surface area contributed by atoms with E-state index in [1.165, 1.54) is 23.5 Å². The number of amidine groups is 1. The molecule has 0 radical (unpaired) electrons. The third kappa shape index (κ3) is 2.98. The first-order valence-corrected chi connectivity index (χ1v) is 9.98. The minimum absolute atomic E-state index is 0.128. The maximum absolute atomic E-state index is 13.2. The molecule has 3 aromatic carbocycles. The number of fused-ring (bicyclic) bond motifs is 1. The summed E-state index contributed by atoms with van der Waals surface area (Å²) in [7, 11) is 0. The Morgan fingerprint density at radius 1 is 1.00 bits per heavy atom. The number of aliphatic hydroxyl groups is 1. The largest absolute Gasteiger partial charge is 0.510 e. The number of anilines is 1. The maximum atomic E-state index is 13.2. The summed E-state index contributed by atoms with van der Waals surface area (Å²) in [6.07, 6.45) is 0. The van der Waals surface area contributed by atoms with E-state index in [9.17, 15) is 9.50 Å². The van der Waals surface area contributed by atoms with E-state index in [2.05, 4.69) is 4.98 Å². The quantitative estimate of drug-likeness (QED) is 0.451. The van der Waals surface area contributed by atoms with Gasteiger partial charge in [-0.3, -0.25) is 5.41 Å². The highest BCUT2D eigenvalue weighted by Crippen LogP contribution is 2.36. The van der Waals surface area contributed by atoms with Gasteiger partial charge in [0.05, 0.1) is 23.5 Å². The molecule has 5 rings (SSSR count). The number of nitrogens with zero attached hydrogens (tertiary/aromatic N) is 2. The zero-order chi connectivity index (χ0) is 20.0. The fourth-order valence-electron chi connectivity index (χ4n) is 3.60. The number of aromatic nitrogens is 1. The Kier molecular flexibility index (Phi) is 4.14. The molecule has 1 aliphatic heterocycles. The zero-order valence-electron chi connectivity index (χ0n) is 15.3. The Morgan fingerprint density at radius 3 is 2.59 bits per heavy atom. The van der Waals surface area contributed by atoms with Crippen molar-refractivity contribution >= 4 is 39.2 Å². The third-order valence-corrected chi connectivity index (χ3v) is 5.88. The van der Waals surface area contributed by atoms with E-state index in [1.807, 2.05) is 47.8 Å². The fraction of sp³-hybridized carbons (Fsp3) is 0.0435. The lowest BCUT2D eigenvalue weighted by Gasteiger charge is -2.20. The van der Waals surface area contributed by atoms with Crippen LogP contribution in [0.25, 0.3) is 27.6 Å². The van der Waals surface area contributed by atoms with Gasteiger partial charge in [0, 0.05) is 16.3 Å². The van der Waals surface area contributed by atoms with Gasteiger partial charge in [-0.1, -0.05) is 36.4 Å². The second kappa shape index (κ2) is 6.83. The number of rotatable bonds is 3. The van der Waals surface area contributed by atoms with Crippen molar-refractivity contribution in [2.75, 3.05) is 11.4 Å². The van der Waals surface area contributed by atoms with Crippen molar-refractivity contribution in [2.24, 2.45) is 0 Å². The molecule has 0 fully saturated rings. The smallest absolute Gasteiger partial charge is 0.139 e. The first-order chi connectivity index (χ1) is 14.1. The Balaban J connectivity index is 1.50. The maximum Gasteiger partial charge on any atom is 0.139 e. The summed E-state index contributed by atoms with van der Waals surface area (Å²) in [5.74, 6) is 0.0506. The summed E-state index contributed by atoms with van der Waals surface area (Å²) >= 11 is 1.36. The van der Waals surface area contributed by atoms with Gasteiger partial charge >= 0.3 is 0 Å². The molecule has 2 heterocycles. The van der Waals surface area contributed by atoms with E-state index in [1.54, 1.807) is 17.0 Å². The normalized spacial score (nSPS) is 14.2. The van der Waals surface area contributed by atoms with Crippen molar-refractivity contribution in [3.05, 3.63) is 88.7 Å². The van der Waals surface area contributed by atoms with Gasteiger partial charge in [0.15, 0.2) is 0 Å². The summed E-state index contributed by atoms with van der Waals surface area (Å²) in [5.41, 5.74) is 2.81. The van der Waals surface area contributed by atoms with E-state index in [0.29, 0.717) is 16.3 Å². The Labute approximate surface area is 170 Å². The van der Waals surface area contributed by atoms with Crippen LogP contribution in [0.5, 0.6) is 0 Å². The van der Waals surface area contributed by atoms with Crippen LogP contribution >= 0.6 is 11.3 Å². The molecule has 0 aliphatic carbocycles. The van der Waals surface area contributed by atoms with Crippen LogP contribution in [0, 0.1) is 11.2 Å². The Hall–Kier alpha value is -3.51. The second-order valence-corrected chi connectivity index (χ2v) is 7.66. The molecule has 0 amide bonds. The van der Waals surface area contributed by atoms with Crippen LogP contribution in [0.15, 0.2) is 77.9 Å². The standard InChI is InChI=1S/C23H16FN3OS/c24-16-10-8-15(9-11-16)18-13-29-23(26-18)21-20(28)12-27(22(21)25)19-7-3-5-14-4-1-2-6-17(14)19/h1-11,13,25,28H,12H2. The van der Waals surface area contributed by atoms with Crippen LogP contribution in [-0.4, -0.2) is 22.5 Å². The molecule has 0 unspecified atom stereocenters. The molecular formula is C23H16FN3OS. The van der Waals surface area contributed by atoms with Gasteiger partial charge in [0.2, 0.25) is 0 Å². The van der Waals surface area contributed by atoms with Gasteiger partial charge in [-0.05, 0) is 35.7 Å². The molecule has 1 aliphatic rings. The summed E-state index contributed by atoms with van der Waals surface area (Å²) < 4.78 is 13.2. The zero-order valence-corrected chi connectivity index (χ0v) is 16.1. The molecule has 0 spiro atoms. The minimum atomic E-state index is -0.298. The average molecular weight is 401 g/mol. The highest BCUT2D eigenvalue weighted by atomic mass is 32.1. The van der Waals surface area contributed by atoms with Gasteiger partial charge in [-0.2, -0.15) is 0 Å². The molecule has 6 heteroatoms. The predicted octanol–water partition coefficient (Wildman–Crippen LogP) is 5.87. The summed E-state index contributed by atoms with van der Waals surface area (Å²) in [6, 6.07) is 20.1. The first kappa shape index (κ1) is 17.6. The van der Waals surface area contributed by atoms with Gasteiger partial charge in [0.25, 0.3) is 0 Å². The monoisotopic (exact) mass is 401 g/mol. The lowest BCUT2D eigenvalue weighted by atomic mass is 10.1. The highest BCUT2D eigenvalue weighted by molar-refractivity contribution is 7.11. The predicted molar refractivity (Wildman–Crippen MR) is 116 cm³/mol. The molecule has 29 heavy (non-hydrogen) atoms. The van der Waals surface area contributed by atoms with Gasteiger partial charge in [0.1, 0.15) is 22.4 Å². The summed E-state index contributed by atoms with van der Waals surface area (Å²) in [5, 5.41) is 23.9. The Morgan fingerprint density at radius 2 is 1.76 bits per heavy atom. The molecule has 2 N–H and O–H groups in total. The van der Waals surface area contributed by atoms with Crippen LogP contribution in [0.2, 0.25) is 0 Å². The van der Waals surface area contributed by atoms with Gasteiger partial charge in [-0.25, -0.2) is 9.37 Å². The van der Waals surface area contributed by atoms with Crippen molar-refractivity contribution in [3.8, 4) is 11.3 Å². The molecule has 4 aromatic rings. The lowest BCUT2D eigenvalue weighted by molar-refractivity contribution is 0.411. The number of hydrogen-bond donors (Lipinski definition) is 2. The van der Waals surface area contributed by atoms with Crippen molar-refractivity contribution in [2.45, 2.75) is 0 Å². The second-order valence-electron chi connectivity index (χ2n) is 6.80. The molecule has 0 saturated carbocycles. The number of hydrogen-bond acceptors (Lipinski definition) is 4. The van der Waals surface area contributed by atoms with E-state index in [4.69, 9.17) is 5.41 Å². The molecule has 1 aromatic heterocycles. The number of thiazole rings is 1. The highest BCUT2D eigenvalue weighted by Gasteiger charge is 2.32. The van der Waals surface area contributed by atoms with Crippen LogP contribution in [0.1, 0.15) is 5.01 Å². The van der Waals surface area contributed by atoms with E-state index in [-0.39, 0.29) is 24.0 Å². The third-order valence-electron chi connectivity index (χ3n) is 5.02. The van der Waals surface area contributed by atoms with Gasteiger partial charge < -0.3 is 10.0 Å². The molecule has 0 atom stereocenters. The van der Waals surface area contributed by atoms with Crippen molar-refractivity contribution in [1.82, 2.24) is 4.98 Å². The number of benzene rings is 3. The molecule has 0 saturated heterocycles. The Bertz CT molecular complexity index is 1270. The molecule has 0 bridgehead atoms. The van der Waals surface area contributed by atoms with Crippen LogP contribution in [-0.2, 0) is 0 Å². The first-order valence-electron chi connectivity index (χ1n) is 9.10.